The zero-order valence-electron chi connectivity index (χ0n) is 22.5. The number of hydrogen-bond acceptors (Lipinski definition) is 5. The summed E-state index contributed by atoms with van der Waals surface area (Å²) in [7, 11) is 8.97. The molecule has 0 spiro atoms. The molecule has 3 heterocycles. The maximum absolute atomic E-state index is 12.8. The van der Waals surface area contributed by atoms with Crippen molar-refractivity contribution in [2.75, 3.05) is 36.7 Å². The van der Waals surface area contributed by atoms with Crippen molar-refractivity contribution < 1.29 is 14.4 Å². The van der Waals surface area contributed by atoms with E-state index >= 15 is 0 Å². The molecule has 0 aliphatic heterocycles. The fourth-order valence-corrected chi connectivity index (χ4v) is 3.95. The molecule has 0 atom stereocenters. The number of nitrogens with zero attached hydrogens (tertiary/aromatic N) is 4. The van der Waals surface area contributed by atoms with Crippen LogP contribution in [0.1, 0.15) is 42.6 Å². The molecule has 0 saturated carbocycles. The predicted octanol–water partition coefficient (Wildman–Crippen LogP) is 3.86. The van der Waals surface area contributed by atoms with Crippen LogP contribution in [0.2, 0.25) is 0 Å². The molecule has 3 N–H and O–H groups in total. The number of anilines is 3. The second kappa shape index (κ2) is 11.5. The quantitative estimate of drug-likeness (QED) is 0.323. The Hall–Kier alpha value is -5.12. The van der Waals surface area contributed by atoms with Crippen molar-refractivity contribution in [3.05, 3.63) is 95.3 Å². The van der Waals surface area contributed by atoms with Crippen LogP contribution in [-0.2, 0) is 14.1 Å². The monoisotopic (exact) mass is 525 g/mol. The van der Waals surface area contributed by atoms with Gasteiger partial charge < -0.3 is 30.0 Å². The van der Waals surface area contributed by atoms with Gasteiger partial charge in [-0.2, -0.15) is 0 Å². The summed E-state index contributed by atoms with van der Waals surface area (Å²) in [5.41, 5.74) is 5.00. The van der Waals surface area contributed by atoms with Crippen molar-refractivity contribution in [2.24, 2.45) is 14.1 Å². The van der Waals surface area contributed by atoms with Gasteiger partial charge in [0, 0.05) is 59.5 Å². The van der Waals surface area contributed by atoms with Crippen molar-refractivity contribution in [2.45, 2.75) is 0 Å². The van der Waals surface area contributed by atoms with Crippen LogP contribution in [0, 0.1) is 0 Å². The van der Waals surface area contributed by atoms with Gasteiger partial charge in [-0.25, -0.2) is 0 Å². The number of benzene rings is 1. The summed E-state index contributed by atoms with van der Waals surface area (Å²) in [5, 5.41) is 8.15. The van der Waals surface area contributed by atoms with E-state index in [9.17, 15) is 14.4 Å². The van der Waals surface area contributed by atoms with E-state index in [1.807, 2.05) is 55.4 Å². The highest BCUT2D eigenvalue weighted by atomic mass is 16.2. The smallest absolute Gasteiger partial charge is 0.272 e. The molecular formula is C29H31N7O3. The van der Waals surface area contributed by atoms with Crippen molar-refractivity contribution >= 4 is 46.9 Å². The minimum atomic E-state index is -0.374. The Morgan fingerprint density at radius 3 is 1.92 bits per heavy atom. The fourth-order valence-electron chi connectivity index (χ4n) is 3.95. The van der Waals surface area contributed by atoms with Gasteiger partial charge in [0.15, 0.2) is 0 Å². The lowest BCUT2D eigenvalue weighted by molar-refractivity contribution is 0.0953. The Bertz CT molecular complexity index is 1530. The summed E-state index contributed by atoms with van der Waals surface area (Å²) in [5.74, 6) is -0.968. The maximum Gasteiger partial charge on any atom is 0.272 e. The highest BCUT2D eigenvalue weighted by Crippen LogP contribution is 2.19. The van der Waals surface area contributed by atoms with Gasteiger partial charge in [0.05, 0.1) is 22.6 Å². The number of aryl methyl sites for hydroxylation is 2. The number of amides is 3. The third-order valence-electron chi connectivity index (χ3n) is 6.12. The molecule has 0 saturated heterocycles. The Balaban J connectivity index is 1.38. The van der Waals surface area contributed by atoms with E-state index in [4.69, 9.17) is 0 Å². The fraction of sp³-hybridized carbons (Fsp3) is 0.172. The van der Waals surface area contributed by atoms with Crippen molar-refractivity contribution in [1.82, 2.24) is 19.4 Å². The first-order valence-electron chi connectivity index (χ1n) is 12.2. The van der Waals surface area contributed by atoms with Gasteiger partial charge in [-0.15, -0.1) is 0 Å². The first-order chi connectivity index (χ1) is 18.6. The van der Waals surface area contributed by atoms with Gasteiger partial charge in [-0.3, -0.25) is 19.4 Å². The summed E-state index contributed by atoms with van der Waals surface area (Å²) >= 11 is 0. The van der Waals surface area contributed by atoms with Crippen LogP contribution in [0.3, 0.4) is 0 Å². The first kappa shape index (κ1) is 26.9. The highest BCUT2D eigenvalue weighted by Gasteiger charge is 2.17. The molecule has 39 heavy (non-hydrogen) atoms. The first-order valence-corrected chi connectivity index (χ1v) is 12.2. The zero-order chi connectivity index (χ0) is 28.1. The van der Waals surface area contributed by atoms with Crippen LogP contribution in [0.15, 0.2) is 67.1 Å². The average molecular weight is 526 g/mol. The number of carbonyl (C=O) groups is 3. The van der Waals surface area contributed by atoms with Crippen molar-refractivity contribution in [1.29, 1.82) is 0 Å². The SMILES string of the molecule is CNC(=O)c1cc(NC(=O)c2cc(NC(=O)c3ccc(/C=C/c4ccc(N(C)C)cc4)nc3)cn2C)cn1C. The molecule has 0 radical (unpaired) electrons. The molecule has 10 heteroatoms. The lowest BCUT2D eigenvalue weighted by Crippen LogP contribution is -2.20. The number of aromatic nitrogens is 3. The average Bonchev–Trinajstić information content (AvgIpc) is 3.48. The van der Waals surface area contributed by atoms with Crippen LogP contribution in [-0.4, -0.2) is 53.0 Å². The summed E-state index contributed by atoms with van der Waals surface area (Å²) in [4.78, 5) is 44.0. The van der Waals surface area contributed by atoms with Gasteiger partial charge in [0.1, 0.15) is 11.4 Å². The van der Waals surface area contributed by atoms with Crippen molar-refractivity contribution in [3.63, 3.8) is 0 Å². The molecule has 10 nitrogen and oxygen atoms in total. The second-order valence-corrected chi connectivity index (χ2v) is 9.23. The van der Waals surface area contributed by atoms with Gasteiger partial charge >= 0.3 is 0 Å². The zero-order valence-corrected chi connectivity index (χ0v) is 22.5. The number of rotatable bonds is 8. The minimum absolute atomic E-state index is 0.254. The molecule has 3 aromatic heterocycles. The summed E-state index contributed by atoms with van der Waals surface area (Å²) in [6.45, 7) is 0. The number of carbonyl (C=O) groups excluding carboxylic acids is 3. The molecule has 4 rings (SSSR count). The number of hydrogen-bond donors (Lipinski definition) is 3. The minimum Gasteiger partial charge on any atom is -0.378 e. The highest BCUT2D eigenvalue weighted by molar-refractivity contribution is 6.07. The van der Waals surface area contributed by atoms with Gasteiger partial charge in [0.25, 0.3) is 17.7 Å². The Morgan fingerprint density at radius 2 is 1.38 bits per heavy atom. The molecular weight excluding hydrogens is 494 g/mol. The molecule has 0 bridgehead atoms. The third-order valence-corrected chi connectivity index (χ3v) is 6.12. The van der Waals surface area contributed by atoms with Crippen LogP contribution in [0.5, 0.6) is 0 Å². The van der Waals surface area contributed by atoms with Gasteiger partial charge in [0.2, 0.25) is 0 Å². The summed E-state index contributed by atoms with van der Waals surface area (Å²) < 4.78 is 3.24. The summed E-state index contributed by atoms with van der Waals surface area (Å²) in [6, 6.07) is 14.8. The van der Waals surface area contributed by atoms with Crippen LogP contribution in [0.25, 0.3) is 12.2 Å². The molecule has 3 amide bonds. The third kappa shape index (κ3) is 6.42. The van der Waals surface area contributed by atoms with Gasteiger partial charge in [-0.1, -0.05) is 18.2 Å². The molecule has 0 unspecified atom stereocenters. The van der Waals surface area contributed by atoms with Crippen LogP contribution >= 0.6 is 0 Å². The van der Waals surface area contributed by atoms with E-state index in [-0.39, 0.29) is 17.7 Å². The molecule has 1 aromatic carbocycles. The van der Waals surface area contributed by atoms with Gasteiger partial charge in [-0.05, 0) is 48.0 Å². The lowest BCUT2D eigenvalue weighted by atomic mass is 10.1. The van der Waals surface area contributed by atoms with E-state index in [0.717, 1.165) is 16.9 Å². The lowest BCUT2D eigenvalue weighted by Gasteiger charge is -2.11. The number of pyridine rings is 1. The normalized spacial score (nSPS) is 10.9. The predicted molar refractivity (Wildman–Crippen MR) is 154 cm³/mol. The van der Waals surface area contributed by atoms with Crippen LogP contribution in [0.4, 0.5) is 17.1 Å². The van der Waals surface area contributed by atoms with E-state index in [0.29, 0.717) is 28.3 Å². The largest absolute Gasteiger partial charge is 0.378 e. The van der Waals surface area contributed by atoms with E-state index < -0.39 is 0 Å². The maximum atomic E-state index is 12.8. The Morgan fingerprint density at radius 1 is 0.795 bits per heavy atom. The molecule has 4 aromatic rings. The number of nitrogens with one attached hydrogen (secondary N) is 3. The molecule has 0 fully saturated rings. The Kier molecular flexibility index (Phi) is 7.95. The molecule has 0 aliphatic carbocycles. The topological polar surface area (TPSA) is 113 Å². The van der Waals surface area contributed by atoms with E-state index in [2.05, 4.69) is 20.9 Å². The van der Waals surface area contributed by atoms with E-state index in [1.165, 1.54) is 6.20 Å². The van der Waals surface area contributed by atoms with Crippen molar-refractivity contribution in [3.8, 4) is 0 Å². The Labute approximate surface area is 227 Å². The van der Waals surface area contributed by atoms with E-state index in [1.54, 1.807) is 66.9 Å². The van der Waals surface area contributed by atoms with Crippen LogP contribution < -0.4 is 20.9 Å². The second-order valence-electron chi connectivity index (χ2n) is 9.23. The molecule has 0 aliphatic rings. The molecule has 200 valence electrons. The standard InChI is InChI=1S/C29H31N7O3/c1-30-28(38)25-14-23(18-35(25)4)33-29(39)26-15-22(17-36(26)5)32-27(37)20-9-11-21(31-16-20)10-6-19-7-12-24(13-8-19)34(2)3/h6-18H,1-5H3,(H,30,38)(H,32,37)(H,33,39)/b10-6+. The summed E-state index contributed by atoms with van der Waals surface area (Å²) in [6.07, 6.45) is 8.67.